The lowest BCUT2D eigenvalue weighted by molar-refractivity contribution is 0.101. The lowest BCUT2D eigenvalue weighted by Crippen LogP contribution is -2.01. The number of aromatic hydroxyl groups is 1. The zero-order valence-corrected chi connectivity index (χ0v) is 8.33. The van der Waals surface area contributed by atoms with Crippen LogP contribution in [-0.4, -0.2) is 25.1 Å². The number of phenolic OH excluding ortho intramolecular Hbond substituents is 1. The van der Waals surface area contributed by atoms with Gasteiger partial charge in [0.1, 0.15) is 11.3 Å². The summed E-state index contributed by atoms with van der Waals surface area (Å²) >= 11 is 0. The number of ether oxygens (including phenoxy) is 2. The number of ketones is 1. The number of benzene rings is 1. The van der Waals surface area contributed by atoms with Crippen molar-refractivity contribution >= 4 is 5.78 Å². The Hall–Kier alpha value is -1.71. The minimum atomic E-state index is -0.213. The van der Waals surface area contributed by atoms with Gasteiger partial charge in [0, 0.05) is 0 Å². The van der Waals surface area contributed by atoms with Crippen LogP contribution >= 0.6 is 0 Å². The molecule has 0 amide bonds. The Kier molecular flexibility index (Phi) is 2.96. The van der Waals surface area contributed by atoms with Crippen LogP contribution < -0.4 is 9.47 Å². The smallest absolute Gasteiger partial charge is 0.175 e. The van der Waals surface area contributed by atoms with E-state index < -0.39 is 0 Å². The molecule has 0 bridgehead atoms. The summed E-state index contributed by atoms with van der Waals surface area (Å²) in [5.74, 6) is 0.261. The van der Waals surface area contributed by atoms with Gasteiger partial charge in [-0.3, -0.25) is 4.79 Å². The molecule has 4 heteroatoms. The summed E-state index contributed by atoms with van der Waals surface area (Å²) in [6.07, 6.45) is 0. The molecule has 0 unspecified atom stereocenters. The summed E-state index contributed by atoms with van der Waals surface area (Å²) in [6.45, 7) is 1.39. The van der Waals surface area contributed by atoms with Gasteiger partial charge in [0.25, 0.3) is 0 Å². The highest BCUT2D eigenvalue weighted by atomic mass is 16.5. The third kappa shape index (κ3) is 1.64. The van der Waals surface area contributed by atoms with Gasteiger partial charge in [0.15, 0.2) is 17.3 Å². The molecule has 0 spiro atoms. The highest BCUT2D eigenvalue weighted by Crippen LogP contribution is 2.36. The Balaban J connectivity index is 3.43. The van der Waals surface area contributed by atoms with Crippen LogP contribution in [0.15, 0.2) is 12.1 Å². The van der Waals surface area contributed by atoms with Crippen LogP contribution in [0.4, 0.5) is 0 Å². The molecule has 1 N–H and O–H groups in total. The molecule has 0 fully saturated rings. The molecule has 4 nitrogen and oxygen atoms in total. The molecular weight excluding hydrogens is 184 g/mol. The lowest BCUT2D eigenvalue weighted by atomic mass is 10.1. The van der Waals surface area contributed by atoms with Crippen molar-refractivity contribution in [2.45, 2.75) is 6.92 Å². The topological polar surface area (TPSA) is 55.8 Å². The first-order valence-corrected chi connectivity index (χ1v) is 4.06. The molecule has 0 aliphatic heterocycles. The predicted molar refractivity (Wildman–Crippen MR) is 51.2 cm³/mol. The molecule has 0 radical (unpaired) electrons. The largest absolute Gasteiger partial charge is 0.504 e. The summed E-state index contributed by atoms with van der Waals surface area (Å²) in [4.78, 5) is 11.3. The number of methoxy groups -OCH3 is 2. The second-order valence-electron chi connectivity index (χ2n) is 2.75. The van der Waals surface area contributed by atoms with Crippen molar-refractivity contribution in [2.24, 2.45) is 0 Å². The van der Waals surface area contributed by atoms with E-state index in [0.717, 1.165) is 0 Å². The van der Waals surface area contributed by atoms with Crippen LogP contribution in [0.3, 0.4) is 0 Å². The van der Waals surface area contributed by atoms with Gasteiger partial charge in [-0.15, -0.1) is 0 Å². The molecule has 1 aromatic rings. The molecule has 0 heterocycles. The van der Waals surface area contributed by atoms with Crippen molar-refractivity contribution in [3.05, 3.63) is 17.7 Å². The first-order chi connectivity index (χ1) is 6.61. The van der Waals surface area contributed by atoms with E-state index >= 15 is 0 Å². The number of phenols is 1. The van der Waals surface area contributed by atoms with Gasteiger partial charge in [0.05, 0.1) is 14.2 Å². The van der Waals surface area contributed by atoms with E-state index in [4.69, 9.17) is 9.47 Å². The summed E-state index contributed by atoms with van der Waals surface area (Å²) in [5, 5.41) is 9.43. The van der Waals surface area contributed by atoms with Crippen molar-refractivity contribution < 1.29 is 19.4 Å². The Morgan fingerprint density at radius 3 is 2.36 bits per heavy atom. The van der Waals surface area contributed by atoms with Gasteiger partial charge in [-0.1, -0.05) is 0 Å². The molecule has 0 atom stereocenters. The number of rotatable bonds is 3. The zero-order chi connectivity index (χ0) is 10.7. The van der Waals surface area contributed by atoms with Crippen LogP contribution in [0.1, 0.15) is 17.3 Å². The van der Waals surface area contributed by atoms with Gasteiger partial charge >= 0.3 is 0 Å². The average Bonchev–Trinajstić information content (AvgIpc) is 2.17. The number of hydrogen-bond donors (Lipinski definition) is 1. The fourth-order valence-electron chi connectivity index (χ4n) is 1.26. The Bertz CT molecular complexity index is 357. The minimum Gasteiger partial charge on any atom is -0.504 e. The second-order valence-corrected chi connectivity index (χ2v) is 2.75. The SMILES string of the molecule is COc1ccc(O)c(OC)c1C(C)=O. The predicted octanol–water partition coefficient (Wildman–Crippen LogP) is 1.61. The molecule has 0 aliphatic carbocycles. The van der Waals surface area contributed by atoms with E-state index in [1.807, 2.05) is 0 Å². The first kappa shape index (κ1) is 10.4. The third-order valence-electron chi connectivity index (χ3n) is 1.87. The number of carbonyl (C=O) groups is 1. The van der Waals surface area contributed by atoms with E-state index in [0.29, 0.717) is 5.75 Å². The molecule has 14 heavy (non-hydrogen) atoms. The molecule has 0 saturated carbocycles. The van der Waals surface area contributed by atoms with Crippen molar-refractivity contribution in [3.63, 3.8) is 0 Å². The summed E-state index contributed by atoms with van der Waals surface area (Å²) in [7, 11) is 2.85. The van der Waals surface area contributed by atoms with E-state index in [2.05, 4.69) is 0 Å². The van der Waals surface area contributed by atoms with Crippen molar-refractivity contribution in [2.75, 3.05) is 14.2 Å². The van der Waals surface area contributed by atoms with Gasteiger partial charge in [-0.2, -0.15) is 0 Å². The molecule has 0 aromatic heterocycles. The maximum Gasteiger partial charge on any atom is 0.175 e. The molecule has 1 aromatic carbocycles. The number of hydrogen-bond acceptors (Lipinski definition) is 4. The number of Topliss-reactive ketones (excluding diaryl/α,β-unsaturated/α-hetero) is 1. The van der Waals surface area contributed by atoms with Gasteiger partial charge < -0.3 is 14.6 Å². The normalized spacial score (nSPS) is 9.64. The van der Waals surface area contributed by atoms with Gasteiger partial charge in [-0.25, -0.2) is 0 Å². The molecule has 0 saturated heterocycles. The van der Waals surface area contributed by atoms with E-state index in [1.54, 1.807) is 0 Å². The maximum absolute atomic E-state index is 11.3. The van der Waals surface area contributed by atoms with Crippen LogP contribution in [0.25, 0.3) is 0 Å². The Morgan fingerprint density at radius 1 is 1.29 bits per heavy atom. The van der Waals surface area contributed by atoms with Crippen molar-refractivity contribution in [1.82, 2.24) is 0 Å². The Morgan fingerprint density at radius 2 is 1.93 bits per heavy atom. The fourth-order valence-corrected chi connectivity index (χ4v) is 1.26. The highest BCUT2D eigenvalue weighted by Gasteiger charge is 2.17. The standard InChI is InChI=1S/C10H12O4/c1-6(11)9-8(13-2)5-4-7(12)10(9)14-3/h4-5,12H,1-3H3. The molecule has 76 valence electrons. The molecule has 0 aliphatic rings. The minimum absolute atomic E-state index is 0.0708. The summed E-state index contributed by atoms with van der Waals surface area (Å²) in [5.41, 5.74) is 0.259. The second kappa shape index (κ2) is 4.00. The average molecular weight is 196 g/mol. The van der Waals surface area contributed by atoms with E-state index in [1.165, 1.54) is 33.3 Å². The van der Waals surface area contributed by atoms with Crippen LogP contribution in [-0.2, 0) is 0 Å². The lowest BCUT2D eigenvalue weighted by Gasteiger charge is -2.11. The van der Waals surface area contributed by atoms with Crippen LogP contribution in [0.5, 0.6) is 17.2 Å². The summed E-state index contributed by atoms with van der Waals surface area (Å²) in [6, 6.07) is 2.94. The highest BCUT2D eigenvalue weighted by molar-refractivity contribution is 6.00. The fraction of sp³-hybridized carbons (Fsp3) is 0.300. The maximum atomic E-state index is 11.3. The van der Waals surface area contributed by atoms with Crippen molar-refractivity contribution in [3.8, 4) is 17.2 Å². The zero-order valence-electron chi connectivity index (χ0n) is 8.33. The molecular formula is C10H12O4. The van der Waals surface area contributed by atoms with Crippen LogP contribution in [0, 0.1) is 0 Å². The quantitative estimate of drug-likeness (QED) is 0.746. The van der Waals surface area contributed by atoms with Gasteiger partial charge in [-0.05, 0) is 19.1 Å². The van der Waals surface area contributed by atoms with Crippen molar-refractivity contribution in [1.29, 1.82) is 0 Å². The molecule has 1 rings (SSSR count). The Labute approximate surface area is 82.1 Å². The first-order valence-electron chi connectivity index (χ1n) is 4.06. The monoisotopic (exact) mass is 196 g/mol. The number of carbonyl (C=O) groups excluding carboxylic acids is 1. The van der Waals surface area contributed by atoms with Crippen LogP contribution in [0.2, 0.25) is 0 Å². The summed E-state index contributed by atoms with van der Waals surface area (Å²) < 4.78 is 9.92. The van der Waals surface area contributed by atoms with E-state index in [9.17, 15) is 9.90 Å². The van der Waals surface area contributed by atoms with Gasteiger partial charge in [0.2, 0.25) is 0 Å². The third-order valence-corrected chi connectivity index (χ3v) is 1.87. The van der Waals surface area contributed by atoms with E-state index in [-0.39, 0.29) is 22.8 Å².